The van der Waals surface area contributed by atoms with Crippen LogP contribution in [0.25, 0.3) is 0 Å². The molecule has 8 atom stereocenters. The Morgan fingerprint density at radius 3 is 2.76 bits per heavy atom. The summed E-state index contributed by atoms with van der Waals surface area (Å²) in [7, 11) is 0. The first-order valence-corrected chi connectivity index (χ1v) is 9.22. The fraction of sp³-hybridized carbons (Fsp3) is 0.947. The second-order valence-corrected chi connectivity index (χ2v) is 9.25. The zero-order valence-corrected chi connectivity index (χ0v) is 13.4. The monoisotopic (exact) mass is 288 g/mol. The summed E-state index contributed by atoms with van der Waals surface area (Å²) in [4.78, 5) is 12.1. The van der Waals surface area contributed by atoms with Crippen molar-refractivity contribution >= 4 is 5.78 Å². The fourth-order valence-corrected chi connectivity index (χ4v) is 7.42. The Labute approximate surface area is 128 Å². The molecule has 0 bridgehead atoms. The lowest BCUT2D eigenvalue weighted by Crippen LogP contribution is -2.55. The minimum absolute atomic E-state index is 0.0121. The van der Waals surface area contributed by atoms with Gasteiger partial charge in [0.1, 0.15) is 6.10 Å². The number of hydrogen-bond acceptors (Lipinski definition) is 2. The largest absolute Gasteiger partial charge is 0.361 e. The van der Waals surface area contributed by atoms with Gasteiger partial charge in [-0.1, -0.05) is 20.3 Å². The summed E-state index contributed by atoms with van der Waals surface area (Å²) in [6.45, 7) is 5.05. The second-order valence-electron chi connectivity index (χ2n) is 9.25. The van der Waals surface area contributed by atoms with Gasteiger partial charge in [0.15, 0.2) is 5.78 Å². The summed E-state index contributed by atoms with van der Waals surface area (Å²) in [5, 5.41) is 0. The summed E-state index contributed by atoms with van der Waals surface area (Å²) < 4.78 is 5.90. The highest BCUT2D eigenvalue weighted by Gasteiger charge is 2.68. The maximum atomic E-state index is 12.1. The van der Waals surface area contributed by atoms with Crippen LogP contribution in [0.4, 0.5) is 0 Å². The van der Waals surface area contributed by atoms with Crippen molar-refractivity contribution in [1.82, 2.24) is 0 Å². The molecule has 5 fully saturated rings. The third-order valence-electron chi connectivity index (χ3n) is 8.61. The molecule has 0 amide bonds. The first-order chi connectivity index (χ1) is 10.0. The van der Waals surface area contributed by atoms with E-state index in [9.17, 15) is 4.79 Å². The predicted molar refractivity (Wildman–Crippen MR) is 80.8 cm³/mol. The van der Waals surface area contributed by atoms with Gasteiger partial charge in [0, 0.05) is 11.8 Å². The van der Waals surface area contributed by atoms with E-state index in [2.05, 4.69) is 13.8 Å². The topological polar surface area (TPSA) is 29.6 Å². The van der Waals surface area contributed by atoms with Gasteiger partial charge in [0.25, 0.3) is 0 Å². The number of ether oxygens (including phenoxy) is 1. The minimum atomic E-state index is -0.0121. The third-order valence-corrected chi connectivity index (χ3v) is 8.61. The van der Waals surface area contributed by atoms with Gasteiger partial charge in [-0.2, -0.15) is 0 Å². The number of rotatable bonds is 0. The molecule has 116 valence electrons. The molecular formula is C19H28O2. The normalized spacial score (nSPS) is 61.5. The molecule has 0 N–H and O–H groups in total. The molecule has 4 saturated carbocycles. The van der Waals surface area contributed by atoms with Crippen LogP contribution in [-0.4, -0.2) is 18.0 Å². The van der Waals surface area contributed by atoms with Crippen molar-refractivity contribution in [3.63, 3.8) is 0 Å². The fourth-order valence-electron chi connectivity index (χ4n) is 7.42. The van der Waals surface area contributed by atoms with Crippen molar-refractivity contribution < 1.29 is 9.53 Å². The van der Waals surface area contributed by atoms with E-state index >= 15 is 0 Å². The van der Waals surface area contributed by atoms with Gasteiger partial charge >= 0.3 is 0 Å². The second kappa shape index (κ2) is 3.93. The lowest BCUT2D eigenvalue weighted by molar-refractivity contribution is -0.132. The molecule has 5 aliphatic rings. The van der Waals surface area contributed by atoms with Crippen LogP contribution < -0.4 is 0 Å². The number of fused-ring (bicyclic) bond motifs is 7. The number of ketones is 1. The van der Waals surface area contributed by atoms with Gasteiger partial charge in [-0.25, -0.2) is 0 Å². The first-order valence-electron chi connectivity index (χ1n) is 9.22. The van der Waals surface area contributed by atoms with Crippen LogP contribution in [0.2, 0.25) is 0 Å². The van der Waals surface area contributed by atoms with E-state index in [1.54, 1.807) is 0 Å². The molecule has 4 aliphatic carbocycles. The lowest BCUT2D eigenvalue weighted by Gasteiger charge is -2.58. The summed E-state index contributed by atoms with van der Waals surface area (Å²) in [6.07, 6.45) is 10.9. The van der Waals surface area contributed by atoms with Crippen molar-refractivity contribution in [3.8, 4) is 0 Å². The van der Waals surface area contributed by atoms with Gasteiger partial charge in [0.2, 0.25) is 0 Å². The lowest BCUT2D eigenvalue weighted by atomic mass is 9.45. The maximum absolute atomic E-state index is 12.1. The smallest absolute Gasteiger partial charge is 0.164 e. The molecule has 2 nitrogen and oxygen atoms in total. The third kappa shape index (κ3) is 1.51. The number of carbonyl (C=O) groups is 1. The van der Waals surface area contributed by atoms with Crippen LogP contribution >= 0.6 is 0 Å². The Morgan fingerprint density at radius 2 is 1.90 bits per heavy atom. The zero-order valence-electron chi connectivity index (χ0n) is 13.4. The van der Waals surface area contributed by atoms with E-state index in [1.807, 2.05) is 0 Å². The molecule has 1 aliphatic heterocycles. The van der Waals surface area contributed by atoms with Crippen molar-refractivity contribution in [2.24, 2.45) is 34.5 Å². The molecule has 0 spiro atoms. The van der Waals surface area contributed by atoms with Gasteiger partial charge < -0.3 is 4.74 Å². The van der Waals surface area contributed by atoms with Crippen LogP contribution in [0.1, 0.15) is 65.2 Å². The van der Waals surface area contributed by atoms with Crippen LogP contribution in [0.3, 0.4) is 0 Å². The predicted octanol–water partition coefficient (Wildman–Crippen LogP) is 3.98. The van der Waals surface area contributed by atoms with Crippen LogP contribution in [0, 0.1) is 34.5 Å². The van der Waals surface area contributed by atoms with Crippen LogP contribution in [0.15, 0.2) is 0 Å². The molecule has 2 heteroatoms. The standard InChI is InChI=1S/C19H28O2/c1-18-8-3-4-13(18)12-6-5-11-10-15(20)16-17(21-16)19(11,2)14(12)7-9-18/h11-14,16-17H,3-10H2,1-2H3/t11-,12-,13+,14-,16-,17-,18+,19-/m0/s1. The van der Waals surface area contributed by atoms with Gasteiger partial charge in [0.05, 0.1) is 6.10 Å². The van der Waals surface area contributed by atoms with Crippen molar-refractivity contribution in [2.45, 2.75) is 77.4 Å². The molecule has 5 rings (SSSR count). The van der Waals surface area contributed by atoms with Crippen LogP contribution in [-0.2, 0) is 9.53 Å². The Kier molecular flexibility index (Phi) is 2.45. The van der Waals surface area contributed by atoms with E-state index in [1.165, 1.54) is 44.9 Å². The molecule has 21 heavy (non-hydrogen) atoms. The number of Topliss-reactive ketones (excluding diaryl/α,β-unsaturated/α-hetero) is 1. The molecule has 1 heterocycles. The number of carbonyl (C=O) groups excluding carboxylic acids is 1. The summed E-state index contributed by atoms with van der Waals surface area (Å²) in [6, 6.07) is 0. The molecule has 1 saturated heterocycles. The Bertz CT molecular complexity index is 500. The minimum Gasteiger partial charge on any atom is -0.361 e. The maximum Gasteiger partial charge on any atom is 0.164 e. The summed E-state index contributed by atoms with van der Waals surface area (Å²) in [5.74, 6) is 3.73. The molecule has 0 unspecified atom stereocenters. The highest BCUT2D eigenvalue weighted by Crippen LogP contribution is 2.68. The Morgan fingerprint density at radius 1 is 1.05 bits per heavy atom. The van der Waals surface area contributed by atoms with Crippen LogP contribution in [0.5, 0.6) is 0 Å². The number of hydrogen-bond donors (Lipinski definition) is 0. The molecule has 0 aromatic rings. The van der Waals surface area contributed by atoms with E-state index in [-0.39, 0.29) is 12.2 Å². The zero-order chi connectivity index (χ0) is 14.4. The van der Waals surface area contributed by atoms with Crippen molar-refractivity contribution in [2.75, 3.05) is 0 Å². The van der Waals surface area contributed by atoms with E-state index in [0.717, 1.165) is 24.2 Å². The molecule has 0 aromatic heterocycles. The summed E-state index contributed by atoms with van der Waals surface area (Å²) >= 11 is 0. The molecular weight excluding hydrogens is 260 g/mol. The van der Waals surface area contributed by atoms with Gasteiger partial charge in [-0.3, -0.25) is 4.79 Å². The van der Waals surface area contributed by atoms with Crippen molar-refractivity contribution in [3.05, 3.63) is 0 Å². The van der Waals surface area contributed by atoms with Crippen molar-refractivity contribution in [1.29, 1.82) is 0 Å². The average molecular weight is 288 g/mol. The SMILES string of the molecule is C[C@]12CCC[C@@H]1[C@@H]1CC[C@H]3CC(=O)[C@@H]4O[C@@H]4[C@]3(C)[C@H]1CC2. The molecule has 0 aromatic carbocycles. The Hall–Kier alpha value is -0.370. The highest BCUT2D eigenvalue weighted by atomic mass is 16.6. The average Bonchev–Trinajstić information content (AvgIpc) is 3.17. The van der Waals surface area contributed by atoms with E-state index < -0.39 is 0 Å². The quantitative estimate of drug-likeness (QED) is 0.631. The van der Waals surface area contributed by atoms with E-state index in [4.69, 9.17) is 4.74 Å². The molecule has 0 radical (unpaired) electrons. The highest BCUT2D eigenvalue weighted by molar-refractivity contribution is 5.87. The Balaban J connectivity index is 1.51. The van der Waals surface area contributed by atoms with E-state index in [0.29, 0.717) is 22.5 Å². The van der Waals surface area contributed by atoms with Gasteiger partial charge in [-0.15, -0.1) is 0 Å². The number of epoxide rings is 1. The van der Waals surface area contributed by atoms with Gasteiger partial charge in [-0.05, 0) is 67.6 Å². The first kappa shape index (κ1) is 13.1. The summed E-state index contributed by atoms with van der Waals surface area (Å²) in [5.41, 5.74) is 0.948.